The molecule has 0 aliphatic rings. The van der Waals surface area contributed by atoms with Gasteiger partial charge < -0.3 is 10.1 Å². The van der Waals surface area contributed by atoms with Gasteiger partial charge in [0.15, 0.2) is 5.82 Å². The highest BCUT2D eigenvalue weighted by Gasteiger charge is 2.14. The van der Waals surface area contributed by atoms with Gasteiger partial charge in [0, 0.05) is 19.2 Å². The van der Waals surface area contributed by atoms with Crippen LogP contribution in [0.5, 0.6) is 0 Å². The molecule has 2 aromatic rings. The number of hydrogen-bond donors (Lipinski definition) is 1. The molecule has 0 aliphatic heterocycles. The highest BCUT2D eigenvalue weighted by molar-refractivity contribution is 9.10. The van der Waals surface area contributed by atoms with E-state index in [0.717, 1.165) is 27.8 Å². The van der Waals surface area contributed by atoms with Gasteiger partial charge >= 0.3 is 0 Å². The molecule has 0 saturated carbocycles. The topological polar surface area (TPSA) is 47.0 Å². The number of halogens is 2. The summed E-state index contributed by atoms with van der Waals surface area (Å²) in [5.41, 5.74) is 2.35. The van der Waals surface area contributed by atoms with Gasteiger partial charge in [-0.25, -0.2) is 14.4 Å². The summed E-state index contributed by atoms with van der Waals surface area (Å²) in [6.07, 6.45) is 0. The molecule has 0 fully saturated rings. The van der Waals surface area contributed by atoms with E-state index < -0.39 is 0 Å². The standard InChI is InChI=1S/C15H17BrFN3O/c1-4-18-15-13(16)12(8-21-3)19-14(20-15)11-6-5-10(17)7-9(11)2/h5-7H,4,8H2,1-3H3,(H,18,19,20). The van der Waals surface area contributed by atoms with Crippen molar-refractivity contribution < 1.29 is 9.13 Å². The molecule has 0 bridgehead atoms. The van der Waals surface area contributed by atoms with Crippen molar-refractivity contribution in [1.29, 1.82) is 0 Å². The Labute approximate surface area is 131 Å². The van der Waals surface area contributed by atoms with Crippen LogP contribution in [0.4, 0.5) is 10.2 Å². The van der Waals surface area contributed by atoms with Crippen molar-refractivity contribution in [3.05, 3.63) is 39.7 Å². The average Bonchev–Trinajstić information content (AvgIpc) is 2.43. The predicted octanol–water partition coefficient (Wildman–Crippen LogP) is 3.93. The number of nitrogens with zero attached hydrogens (tertiary/aromatic N) is 2. The Morgan fingerprint density at radius 3 is 2.71 bits per heavy atom. The third kappa shape index (κ3) is 3.57. The number of rotatable bonds is 5. The molecule has 2 rings (SSSR count). The first-order chi connectivity index (χ1) is 10.1. The summed E-state index contributed by atoms with van der Waals surface area (Å²) >= 11 is 3.49. The van der Waals surface area contributed by atoms with E-state index in [1.807, 2.05) is 13.8 Å². The lowest BCUT2D eigenvalue weighted by molar-refractivity contribution is 0.181. The van der Waals surface area contributed by atoms with Crippen LogP contribution in [0.2, 0.25) is 0 Å². The quantitative estimate of drug-likeness (QED) is 0.884. The van der Waals surface area contributed by atoms with Gasteiger partial charge in [-0.2, -0.15) is 0 Å². The van der Waals surface area contributed by atoms with Crippen molar-refractivity contribution in [3.63, 3.8) is 0 Å². The zero-order valence-electron chi connectivity index (χ0n) is 12.2. The Hall–Kier alpha value is -1.53. The van der Waals surface area contributed by atoms with Gasteiger partial charge in [-0.05, 0) is 53.5 Å². The summed E-state index contributed by atoms with van der Waals surface area (Å²) in [7, 11) is 1.62. The largest absolute Gasteiger partial charge is 0.378 e. The molecule has 1 aromatic carbocycles. The number of anilines is 1. The van der Waals surface area contributed by atoms with E-state index in [2.05, 4.69) is 31.2 Å². The Morgan fingerprint density at radius 1 is 1.33 bits per heavy atom. The van der Waals surface area contributed by atoms with Gasteiger partial charge in [0.2, 0.25) is 0 Å². The van der Waals surface area contributed by atoms with E-state index in [-0.39, 0.29) is 5.82 Å². The molecule has 6 heteroatoms. The lowest BCUT2D eigenvalue weighted by Crippen LogP contribution is -2.07. The zero-order valence-corrected chi connectivity index (χ0v) is 13.8. The fraction of sp³-hybridized carbons (Fsp3) is 0.333. The molecule has 0 aliphatic carbocycles. The lowest BCUT2D eigenvalue weighted by atomic mass is 10.1. The molecular weight excluding hydrogens is 337 g/mol. The summed E-state index contributed by atoms with van der Waals surface area (Å²) in [4.78, 5) is 9.04. The Morgan fingerprint density at radius 2 is 2.10 bits per heavy atom. The SMILES string of the molecule is CCNc1nc(-c2ccc(F)cc2C)nc(COC)c1Br. The van der Waals surface area contributed by atoms with Crippen molar-refractivity contribution in [3.8, 4) is 11.4 Å². The number of nitrogens with one attached hydrogen (secondary N) is 1. The van der Waals surface area contributed by atoms with Crippen molar-refractivity contribution in [2.75, 3.05) is 19.0 Å². The van der Waals surface area contributed by atoms with Crippen LogP contribution in [0.15, 0.2) is 22.7 Å². The lowest BCUT2D eigenvalue weighted by Gasteiger charge is -2.13. The third-order valence-corrected chi connectivity index (χ3v) is 3.81. The van der Waals surface area contributed by atoms with Crippen LogP contribution in [0, 0.1) is 12.7 Å². The molecule has 112 valence electrons. The van der Waals surface area contributed by atoms with Crippen LogP contribution in [-0.4, -0.2) is 23.6 Å². The maximum Gasteiger partial charge on any atom is 0.162 e. The summed E-state index contributed by atoms with van der Waals surface area (Å²) in [6.45, 7) is 4.94. The van der Waals surface area contributed by atoms with Crippen molar-refractivity contribution in [1.82, 2.24) is 9.97 Å². The second kappa shape index (κ2) is 6.95. The van der Waals surface area contributed by atoms with Crippen LogP contribution < -0.4 is 5.32 Å². The zero-order chi connectivity index (χ0) is 15.4. The molecule has 0 saturated heterocycles. The summed E-state index contributed by atoms with van der Waals surface area (Å²) in [5, 5.41) is 3.19. The minimum atomic E-state index is -0.266. The average molecular weight is 354 g/mol. The van der Waals surface area contributed by atoms with E-state index in [1.54, 1.807) is 13.2 Å². The molecule has 0 unspecified atom stereocenters. The summed E-state index contributed by atoms with van der Waals surface area (Å²) < 4.78 is 19.2. The van der Waals surface area contributed by atoms with Crippen molar-refractivity contribution in [2.24, 2.45) is 0 Å². The van der Waals surface area contributed by atoms with Crippen molar-refractivity contribution in [2.45, 2.75) is 20.5 Å². The van der Waals surface area contributed by atoms with Crippen LogP contribution in [0.1, 0.15) is 18.2 Å². The molecule has 4 nitrogen and oxygen atoms in total. The number of hydrogen-bond acceptors (Lipinski definition) is 4. The highest BCUT2D eigenvalue weighted by atomic mass is 79.9. The fourth-order valence-corrected chi connectivity index (χ4v) is 2.44. The molecule has 0 amide bonds. The van der Waals surface area contributed by atoms with Crippen LogP contribution in [-0.2, 0) is 11.3 Å². The van der Waals surface area contributed by atoms with Crippen LogP contribution in [0.25, 0.3) is 11.4 Å². The first kappa shape index (κ1) is 15.9. The molecule has 0 spiro atoms. The molecule has 1 N–H and O–H groups in total. The number of benzene rings is 1. The smallest absolute Gasteiger partial charge is 0.162 e. The number of methoxy groups -OCH3 is 1. The fourth-order valence-electron chi connectivity index (χ4n) is 2.01. The van der Waals surface area contributed by atoms with Gasteiger partial charge in [0.25, 0.3) is 0 Å². The number of aryl methyl sites for hydroxylation is 1. The second-order valence-electron chi connectivity index (χ2n) is 4.58. The molecule has 1 heterocycles. The monoisotopic (exact) mass is 353 g/mol. The first-order valence-electron chi connectivity index (χ1n) is 6.62. The van der Waals surface area contributed by atoms with E-state index in [0.29, 0.717) is 18.2 Å². The van der Waals surface area contributed by atoms with Gasteiger partial charge in [-0.15, -0.1) is 0 Å². The third-order valence-electron chi connectivity index (χ3n) is 2.97. The highest BCUT2D eigenvalue weighted by Crippen LogP contribution is 2.29. The van der Waals surface area contributed by atoms with E-state index >= 15 is 0 Å². The van der Waals surface area contributed by atoms with Crippen molar-refractivity contribution >= 4 is 21.7 Å². The minimum Gasteiger partial charge on any atom is -0.378 e. The summed E-state index contributed by atoms with van der Waals surface area (Å²) in [6, 6.07) is 4.58. The van der Waals surface area contributed by atoms with E-state index in [9.17, 15) is 4.39 Å². The maximum absolute atomic E-state index is 13.2. The van der Waals surface area contributed by atoms with Gasteiger partial charge in [-0.1, -0.05) is 0 Å². The van der Waals surface area contributed by atoms with Gasteiger partial charge in [0.1, 0.15) is 11.6 Å². The Balaban J connectivity index is 2.56. The Bertz CT molecular complexity index is 622. The molecule has 1 aromatic heterocycles. The van der Waals surface area contributed by atoms with Gasteiger partial charge in [0.05, 0.1) is 16.8 Å². The Kier molecular flexibility index (Phi) is 5.25. The van der Waals surface area contributed by atoms with Crippen LogP contribution in [0.3, 0.4) is 0 Å². The molecule has 21 heavy (non-hydrogen) atoms. The second-order valence-corrected chi connectivity index (χ2v) is 5.37. The van der Waals surface area contributed by atoms with E-state index in [4.69, 9.17) is 4.74 Å². The summed E-state index contributed by atoms with van der Waals surface area (Å²) in [5.74, 6) is 0.995. The molecule has 0 radical (unpaired) electrons. The normalized spacial score (nSPS) is 10.7. The van der Waals surface area contributed by atoms with Crippen LogP contribution >= 0.6 is 15.9 Å². The van der Waals surface area contributed by atoms with Gasteiger partial charge in [-0.3, -0.25) is 0 Å². The predicted molar refractivity (Wildman–Crippen MR) is 84.7 cm³/mol. The minimum absolute atomic E-state index is 0.266. The first-order valence-corrected chi connectivity index (χ1v) is 7.41. The molecule has 0 atom stereocenters. The molecular formula is C15H17BrFN3O. The maximum atomic E-state index is 13.2. The number of ether oxygens (including phenoxy) is 1. The number of aromatic nitrogens is 2. The van der Waals surface area contributed by atoms with E-state index in [1.165, 1.54) is 12.1 Å².